The van der Waals surface area contributed by atoms with E-state index in [0.717, 1.165) is 18.4 Å². The van der Waals surface area contributed by atoms with Crippen molar-refractivity contribution in [3.63, 3.8) is 0 Å². The summed E-state index contributed by atoms with van der Waals surface area (Å²) >= 11 is 0. The zero-order valence-corrected chi connectivity index (χ0v) is 15.7. The summed E-state index contributed by atoms with van der Waals surface area (Å²) in [4.78, 5) is 23.8. The first-order valence-electron chi connectivity index (χ1n) is 8.64. The van der Waals surface area contributed by atoms with Crippen molar-refractivity contribution >= 4 is 21.7 Å². The molecule has 140 valence electrons. The molecule has 0 saturated heterocycles. The van der Waals surface area contributed by atoms with E-state index in [1.807, 2.05) is 19.9 Å². The lowest BCUT2D eigenvalue weighted by Crippen LogP contribution is -2.50. The molecule has 0 fully saturated rings. The van der Waals surface area contributed by atoms with Gasteiger partial charge >= 0.3 is 0 Å². The van der Waals surface area contributed by atoms with E-state index in [2.05, 4.69) is 5.32 Å². The van der Waals surface area contributed by atoms with Crippen molar-refractivity contribution in [1.82, 2.24) is 5.32 Å². The highest BCUT2D eigenvalue weighted by Gasteiger charge is 2.30. The molecule has 0 aromatic heterocycles. The van der Waals surface area contributed by atoms with Crippen LogP contribution in [0.4, 0.5) is 0 Å². The fraction of sp³-hybridized carbons (Fsp3) is 0.556. The van der Waals surface area contributed by atoms with Crippen LogP contribution < -0.4 is 11.1 Å². The molecule has 0 heterocycles. The summed E-state index contributed by atoms with van der Waals surface area (Å²) in [5.74, 6) is -1.71. The van der Waals surface area contributed by atoms with Crippen molar-refractivity contribution in [2.75, 3.05) is 5.75 Å². The monoisotopic (exact) mass is 368 g/mol. The minimum Gasteiger partial charge on any atom is -0.368 e. The SMILES string of the molecule is CCCC(CCC)S(=O)(=O)C[C@H](NC(=O)Cc1ccccc1)C(N)=O. The van der Waals surface area contributed by atoms with Crippen LogP contribution in [-0.2, 0) is 25.8 Å². The Labute approximate surface area is 150 Å². The largest absolute Gasteiger partial charge is 0.368 e. The number of benzene rings is 1. The van der Waals surface area contributed by atoms with E-state index in [9.17, 15) is 18.0 Å². The molecule has 0 aliphatic heterocycles. The highest BCUT2D eigenvalue weighted by molar-refractivity contribution is 7.92. The van der Waals surface area contributed by atoms with Gasteiger partial charge in [0.1, 0.15) is 6.04 Å². The smallest absolute Gasteiger partial charge is 0.241 e. The number of primary amides is 1. The van der Waals surface area contributed by atoms with Crippen LogP contribution in [0.3, 0.4) is 0 Å². The average Bonchev–Trinajstić information content (AvgIpc) is 2.54. The third-order valence-electron chi connectivity index (χ3n) is 4.01. The maximum Gasteiger partial charge on any atom is 0.241 e. The Bertz CT molecular complexity index is 653. The van der Waals surface area contributed by atoms with E-state index in [4.69, 9.17) is 5.73 Å². The summed E-state index contributed by atoms with van der Waals surface area (Å²) < 4.78 is 25.2. The van der Waals surface area contributed by atoms with E-state index < -0.39 is 38.7 Å². The fourth-order valence-electron chi connectivity index (χ4n) is 2.74. The standard InChI is InChI=1S/C18H28N2O4S/c1-3-8-15(9-4-2)25(23,24)13-16(18(19)22)20-17(21)12-14-10-6-5-7-11-14/h5-7,10-11,15-16H,3-4,8-9,12-13H2,1-2H3,(H2,19,22)(H,20,21)/t16-/m0/s1. The summed E-state index contributed by atoms with van der Waals surface area (Å²) in [7, 11) is -3.52. The molecule has 0 saturated carbocycles. The molecule has 0 unspecified atom stereocenters. The molecule has 1 atom stereocenters. The Morgan fingerprint density at radius 1 is 1.08 bits per heavy atom. The zero-order chi connectivity index (χ0) is 18.9. The van der Waals surface area contributed by atoms with Gasteiger partial charge in [-0.15, -0.1) is 0 Å². The molecule has 0 bridgehead atoms. The Balaban J connectivity index is 2.78. The van der Waals surface area contributed by atoms with Crippen LogP contribution in [0.1, 0.15) is 45.1 Å². The second-order valence-corrected chi connectivity index (χ2v) is 8.54. The van der Waals surface area contributed by atoms with Crippen molar-refractivity contribution in [1.29, 1.82) is 0 Å². The minimum absolute atomic E-state index is 0.0675. The number of hydrogen-bond acceptors (Lipinski definition) is 4. The molecule has 1 aromatic rings. The lowest BCUT2D eigenvalue weighted by atomic mass is 10.1. The number of nitrogens with one attached hydrogen (secondary N) is 1. The molecule has 1 rings (SSSR count). The molecule has 25 heavy (non-hydrogen) atoms. The van der Waals surface area contributed by atoms with Crippen LogP contribution in [0.5, 0.6) is 0 Å². The number of amides is 2. The van der Waals surface area contributed by atoms with E-state index in [1.165, 1.54) is 0 Å². The van der Waals surface area contributed by atoms with Crippen molar-refractivity contribution in [2.45, 2.75) is 57.2 Å². The molecule has 6 nitrogen and oxygen atoms in total. The van der Waals surface area contributed by atoms with Crippen LogP contribution in [0, 0.1) is 0 Å². The maximum absolute atomic E-state index is 12.6. The lowest BCUT2D eigenvalue weighted by molar-refractivity contribution is -0.126. The van der Waals surface area contributed by atoms with E-state index in [0.29, 0.717) is 12.8 Å². The highest BCUT2D eigenvalue weighted by Crippen LogP contribution is 2.16. The first kappa shape index (κ1) is 21.2. The third kappa shape index (κ3) is 7.25. The van der Waals surface area contributed by atoms with Crippen molar-refractivity contribution in [3.8, 4) is 0 Å². The third-order valence-corrected chi connectivity index (χ3v) is 6.30. The summed E-state index contributed by atoms with van der Waals surface area (Å²) in [5.41, 5.74) is 6.09. The minimum atomic E-state index is -3.52. The molecule has 3 N–H and O–H groups in total. The molecular weight excluding hydrogens is 340 g/mol. The Hall–Kier alpha value is -1.89. The highest BCUT2D eigenvalue weighted by atomic mass is 32.2. The quantitative estimate of drug-likeness (QED) is 0.618. The van der Waals surface area contributed by atoms with Gasteiger partial charge in [-0.1, -0.05) is 57.0 Å². The molecule has 0 radical (unpaired) electrons. The van der Waals surface area contributed by atoms with Gasteiger partial charge in [-0.25, -0.2) is 8.42 Å². The van der Waals surface area contributed by atoms with Crippen molar-refractivity contribution in [2.24, 2.45) is 5.73 Å². The van der Waals surface area contributed by atoms with Gasteiger partial charge < -0.3 is 11.1 Å². The van der Waals surface area contributed by atoms with Gasteiger partial charge in [0.05, 0.1) is 17.4 Å². The summed E-state index contributed by atoms with van der Waals surface area (Å²) in [6.07, 6.45) is 2.63. The topological polar surface area (TPSA) is 106 Å². The van der Waals surface area contributed by atoms with Crippen LogP contribution in [-0.4, -0.2) is 37.3 Å². The first-order chi connectivity index (χ1) is 11.8. The van der Waals surface area contributed by atoms with Crippen molar-refractivity contribution in [3.05, 3.63) is 35.9 Å². The van der Waals surface area contributed by atoms with Crippen LogP contribution in [0.25, 0.3) is 0 Å². The normalized spacial score (nSPS) is 12.8. The maximum atomic E-state index is 12.6. The molecule has 0 spiro atoms. The predicted octanol–water partition coefficient (Wildman–Crippen LogP) is 1.58. The molecule has 7 heteroatoms. The Morgan fingerprint density at radius 2 is 1.64 bits per heavy atom. The second-order valence-electron chi connectivity index (χ2n) is 6.21. The van der Waals surface area contributed by atoms with Gasteiger partial charge in [0, 0.05) is 0 Å². The Morgan fingerprint density at radius 3 is 2.12 bits per heavy atom. The predicted molar refractivity (Wildman–Crippen MR) is 98.7 cm³/mol. The summed E-state index contributed by atoms with van der Waals surface area (Å²) in [5, 5.41) is 1.96. The van der Waals surface area contributed by atoms with E-state index in [1.54, 1.807) is 24.3 Å². The van der Waals surface area contributed by atoms with Gasteiger partial charge in [-0.2, -0.15) is 0 Å². The molecule has 0 aliphatic carbocycles. The van der Waals surface area contributed by atoms with E-state index in [-0.39, 0.29) is 6.42 Å². The number of rotatable bonds is 11. The first-order valence-corrected chi connectivity index (χ1v) is 10.4. The number of carbonyl (C=O) groups is 2. The van der Waals surface area contributed by atoms with Gasteiger partial charge in [-0.3, -0.25) is 9.59 Å². The summed E-state index contributed by atoms with van der Waals surface area (Å²) in [6.45, 7) is 3.84. The van der Waals surface area contributed by atoms with Gasteiger partial charge in [0.25, 0.3) is 0 Å². The van der Waals surface area contributed by atoms with Gasteiger partial charge in [-0.05, 0) is 18.4 Å². The van der Waals surface area contributed by atoms with Gasteiger partial charge in [0.15, 0.2) is 9.84 Å². The van der Waals surface area contributed by atoms with Gasteiger partial charge in [0.2, 0.25) is 11.8 Å². The summed E-state index contributed by atoms with van der Waals surface area (Å²) in [6, 6.07) is 7.80. The number of hydrogen-bond donors (Lipinski definition) is 2. The zero-order valence-electron chi connectivity index (χ0n) is 14.9. The Kier molecular flexibility index (Phi) is 8.61. The number of carbonyl (C=O) groups excluding carboxylic acids is 2. The lowest BCUT2D eigenvalue weighted by Gasteiger charge is -2.21. The number of nitrogens with two attached hydrogens (primary N) is 1. The molecule has 0 aliphatic rings. The second kappa shape index (κ2) is 10.2. The average molecular weight is 368 g/mol. The van der Waals surface area contributed by atoms with Crippen molar-refractivity contribution < 1.29 is 18.0 Å². The fourth-order valence-corrected chi connectivity index (χ4v) is 4.91. The van der Waals surface area contributed by atoms with Crippen LogP contribution in [0.15, 0.2) is 30.3 Å². The number of sulfone groups is 1. The van der Waals surface area contributed by atoms with Crippen LogP contribution >= 0.6 is 0 Å². The van der Waals surface area contributed by atoms with Crippen LogP contribution in [0.2, 0.25) is 0 Å². The van der Waals surface area contributed by atoms with E-state index >= 15 is 0 Å². The molecular formula is C18H28N2O4S. The molecule has 2 amide bonds. The molecule has 1 aromatic carbocycles.